The fourth-order valence-corrected chi connectivity index (χ4v) is 2.69. The predicted octanol–water partition coefficient (Wildman–Crippen LogP) is 4.11. The summed E-state index contributed by atoms with van der Waals surface area (Å²) >= 11 is 0. The van der Waals surface area contributed by atoms with Gasteiger partial charge in [-0.25, -0.2) is 0 Å². The lowest BCUT2D eigenvalue weighted by Crippen LogP contribution is -2.48. The summed E-state index contributed by atoms with van der Waals surface area (Å²) in [4.78, 5) is 0. The van der Waals surface area contributed by atoms with E-state index < -0.39 is 11.2 Å². The lowest BCUT2D eigenvalue weighted by atomic mass is 9.75. The van der Waals surface area contributed by atoms with Gasteiger partial charge < -0.3 is 9.47 Å². The highest BCUT2D eigenvalue weighted by Gasteiger charge is 2.48. The quantitative estimate of drug-likeness (QED) is 0.814. The maximum atomic E-state index is 5.91. The minimum Gasteiger partial charge on any atom is -0.370 e. The van der Waals surface area contributed by atoms with Crippen LogP contribution in [0, 0.1) is 0 Å². The fraction of sp³-hybridized carbons (Fsp3) is 0.333. The first-order valence-corrected chi connectivity index (χ1v) is 6.80. The van der Waals surface area contributed by atoms with E-state index in [9.17, 15) is 0 Å². The van der Waals surface area contributed by atoms with Crippen molar-refractivity contribution in [2.75, 3.05) is 14.2 Å². The Hall–Kier alpha value is -1.64. The number of hydrogen-bond donors (Lipinski definition) is 0. The van der Waals surface area contributed by atoms with Gasteiger partial charge in [-0.05, 0) is 25.0 Å². The average Bonchev–Trinajstić information content (AvgIpc) is 2.54. The zero-order valence-corrected chi connectivity index (χ0v) is 12.6. The molecular formula is C18H22O2. The van der Waals surface area contributed by atoms with Crippen molar-refractivity contribution >= 4 is 0 Å². The Morgan fingerprint density at radius 2 is 0.900 bits per heavy atom. The molecule has 20 heavy (non-hydrogen) atoms. The van der Waals surface area contributed by atoms with Crippen molar-refractivity contribution in [1.82, 2.24) is 0 Å². The number of ether oxygens (including phenoxy) is 2. The van der Waals surface area contributed by atoms with Gasteiger partial charge in [-0.3, -0.25) is 0 Å². The monoisotopic (exact) mass is 270 g/mol. The van der Waals surface area contributed by atoms with Crippen LogP contribution < -0.4 is 0 Å². The van der Waals surface area contributed by atoms with E-state index >= 15 is 0 Å². The molecule has 2 aromatic carbocycles. The second-order valence-electron chi connectivity index (χ2n) is 5.21. The van der Waals surface area contributed by atoms with Gasteiger partial charge in [0.05, 0.1) is 0 Å². The van der Waals surface area contributed by atoms with E-state index in [2.05, 4.69) is 38.1 Å². The Morgan fingerprint density at radius 3 is 1.15 bits per heavy atom. The highest BCUT2D eigenvalue weighted by atomic mass is 16.5. The Labute approximate surface area is 121 Å². The van der Waals surface area contributed by atoms with Crippen LogP contribution in [0.1, 0.15) is 25.0 Å². The van der Waals surface area contributed by atoms with Crippen LogP contribution in [0.25, 0.3) is 0 Å². The molecule has 0 bridgehead atoms. The van der Waals surface area contributed by atoms with Crippen LogP contribution in [-0.4, -0.2) is 14.2 Å². The normalized spacial score (nSPS) is 17.2. The molecular weight excluding hydrogens is 248 g/mol. The molecule has 0 saturated heterocycles. The lowest BCUT2D eigenvalue weighted by Gasteiger charge is -2.45. The van der Waals surface area contributed by atoms with Gasteiger partial charge >= 0.3 is 0 Å². The second-order valence-corrected chi connectivity index (χ2v) is 5.21. The third kappa shape index (κ3) is 2.26. The minimum atomic E-state index is -0.579. The van der Waals surface area contributed by atoms with Crippen molar-refractivity contribution in [1.29, 1.82) is 0 Å². The van der Waals surface area contributed by atoms with Crippen LogP contribution in [0.5, 0.6) is 0 Å². The summed E-state index contributed by atoms with van der Waals surface area (Å²) in [6.45, 7) is 4.14. The zero-order chi connectivity index (χ0) is 14.6. The van der Waals surface area contributed by atoms with E-state index in [4.69, 9.17) is 9.47 Å². The second kappa shape index (κ2) is 5.78. The lowest BCUT2D eigenvalue weighted by molar-refractivity contribution is -0.180. The number of rotatable bonds is 5. The standard InChI is InChI=1S/C18H22O2/c1-17(19-3,15-11-7-5-8-12-15)18(2,20-4)16-13-9-6-10-14-16/h5-14H,1-4H3/t17-,18+. The SMILES string of the molecule is CO[C@@](C)(c1ccccc1)[C@](C)(OC)c1ccccc1. The minimum absolute atomic E-state index is 0.579. The topological polar surface area (TPSA) is 18.5 Å². The summed E-state index contributed by atoms with van der Waals surface area (Å²) in [6.07, 6.45) is 0. The summed E-state index contributed by atoms with van der Waals surface area (Å²) in [5, 5.41) is 0. The number of methoxy groups -OCH3 is 2. The third-order valence-corrected chi connectivity index (χ3v) is 4.38. The van der Waals surface area contributed by atoms with E-state index in [1.54, 1.807) is 14.2 Å². The molecule has 2 nitrogen and oxygen atoms in total. The largest absolute Gasteiger partial charge is 0.370 e. The highest BCUT2D eigenvalue weighted by Crippen LogP contribution is 2.45. The molecule has 0 aliphatic carbocycles. The molecule has 2 rings (SSSR count). The molecule has 106 valence electrons. The first-order valence-electron chi connectivity index (χ1n) is 6.80. The van der Waals surface area contributed by atoms with Crippen molar-refractivity contribution < 1.29 is 9.47 Å². The van der Waals surface area contributed by atoms with Crippen LogP contribution in [-0.2, 0) is 20.7 Å². The molecule has 0 N–H and O–H groups in total. The van der Waals surface area contributed by atoms with Crippen LogP contribution in [0.15, 0.2) is 60.7 Å². The van der Waals surface area contributed by atoms with Crippen molar-refractivity contribution in [3.63, 3.8) is 0 Å². The van der Waals surface area contributed by atoms with Gasteiger partial charge in [-0.15, -0.1) is 0 Å². The summed E-state index contributed by atoms with van der Waals surface area (Å²) in [6, 6.07) is 20.4. The van der Waals surface area contributed by atoms with Crippen LogP contribution in [0.3, 0.4) is 0 Å². The smallest absolute Gasteiger partial charge is 0.123 e. The van der Waals surface area contributed by atoms with Gasteiger partial charge in [0.2, 0.25) is 0 Å². The van der Waals surface area contributed by atoms with Gasteiger partial charge in [0, 0.05) is 14.2 Å². The summed E-state index contributed by atoms with van der Waals surface area (Å²) in [5.41, 5.74) is 1.03. The van der Waals surface area contributed by atoms with Gasteiger partial charge in [-0.1, -0.05) is 60.7 Å². The van der Waals surface area contributed by atoms with E-state index in [-0.39, 0.29) is 0 Å². The van der Waals surface area contributed by atoms with Gasteiger partial charge in [0.25, 0.3) is 0 Å². The first-order chi connectivity index (χ1) is 9.58. The molecule has 0 heterocycles. The van der Waals surface area contributed by atoms with Crippen LogP contribution >= 0.6 is 0 Å². The molecule has 0 spiro atoms. The Morgan fingerprint density at radius 1 is 0.600 bits per heavy atom. The molecule has 0 aliphatic rings. The summed E-state index contributed by atoms with van der Waals surface area (Å²) < 4.78 is 11.8. The van der Waals surface area contributed by atoms with E-state index in [1.165, 1.54) is 0 Å². The summed E-state index contributed by atoms with van der Waals surface area (Å²) in [7, 11) is 3.46. The molecule has 2 heteroatoms. The van der Waals surface area contributed by atoms with Gasteiger partial charge in [0.15, 0.2) is 0 Å². The van der Waals surface area contributed by atoms with E-state index in [0.29, 0.717) is 0 Å². The molecule has 0 amide bonds. The van der Waals surface area contributed by atoms with E-state index in [1.807, 2.05) is 36.4 Å². The van der Waals surface area contributed by atoms with E-state index in [0.717, 1.165) is 11.1 Å². The number of hydrogen-bond acceptors (Lipinski definition) is 2. The molecule has 0 aromatic heterocycles. The molecule has 0 fully saturated rings. The Balaban J connectivity index is 2.58. The molecule has 0 unspecified atom stereocenters. The predicted molar refractivity (Wildman–Crippen MR) is 81.6 cm³/mol. The van der Waals surface area contributed by atoms with Crippen molar-refractivity contribution in [2.45, 2.75) is 25.0 Å². The van der Waals surface area contributed by atoms with Crippen LogP contribution in [0.2, 0.25) is 0 Å². The van der Waals surface area contributed by atoms with Gasteiger partial charge in [-0.2, -0.15) is 0 Å². The Kier molecular flexibility index (Phi) is 4.26. The third-order valence-electron chi connectivity index (χ3n) is 4.38. The maximum absolute atomic E-state index is 5.91. The molecule has 0 saturated carbocycles. The van der Waals surface area contributed by atoms with Gasteiger partial charge in [0.1, 0.15) is 11.2 Å². The molecule has 2 aromatic rings. The highest BCUT2D eigenvalue weighted by molar-refractivity contribution is 5.33. The number of benzene rings is 2. The van der Waals surface area contributed by atoms with Crippen molar-refractivity contribution in [2.24, 2.45) is 0 Å². The Bertz CT molecular complexity index is 486. The van der Waals surface area contributed by atoms with Crippen molar-refractivity contribution in [3.05, 3.63) is 71.8 Å². The molecule has 0 aliphatic heterocycles. The molecule has 2 atom stereocenters. The maximum Gasteiger partial charge on any atom is 0.123 e. The fourth-order valence-electron chi connectivity index (χ4n) is 2.69. The van der Waals surface area contributed by atoms with Crippen LogP contribution in [0.4, 0.5) is 0 Å². The molecule has 0 radical (unpaired) electrons. The van der Waals surface area contributed by atoms with Crippen molar-refractivity contribution in [3.8, 4) is 0 Å². The first kappa shape index (κ1) is 14.8. The summed E-state index contributed by atoms with van der Waals surface area (Å²) in [5.74, 6) is 0. The zero-order valence-electron chi connectivity index (χ0n) is 12.6. The average molecular weight is 270 g/mol.